The summed E-state index contributed by atoms with van der Waals surface area (Å²) in [5.74, 6) is -1.06. The molecule has 94 valence electrons. The van der Waals surface area contributed by atoms with E-state index in [0.717, 1.165) is 0 Å². The van der Waals surface area contributed by atoms with Gasteiger partial charge in [0.1, 0.15) is 6.04 Å². The van der Waals surface area contributed by atoms with Gasteiger partial charge < -0.3 is 10.8 Å². The van der Waals surface area contributed by atoms with Crippen LogP contribution in [0.2, 0.25) is 18.1 Å². The molecule has 0 aromatic rings. The molecule has 0 rings (SSSR count). The van der Waals surface area contributed by atoms with E-state index in [2.05, 4.69) is 39.6 Å². The van der Waals surface area contributed by atoms with Crippen molar-refractivity contribution in [3.63, 3.8) is 0 Å². The molecule has 2 atom stereocenters. The standard InChI is InChI=1S/C12H25NO2Si/c1-9(10(13)11(14)15)7-8-16(5,6)12(2,3)4/h7-10H,13H2,1-6H3,(H,14,15)/b8-7+/t9-,10+/m1/s1. The third kappa shape index (κ3) is 4.10. The first-order valence-electron chi connectivity index (χ1n) is 5.67. The predicted octanol–water partition coefficient (Wildman–Crippen LogP) is 2.64. The van der Waals surface area contributed by atoms with Crippen LogP contribution in [0.5, 0.6) is 0 Å². The summed E-state index contributed by atoms with van der Waals surface area (Å²) in [5, 5.41) is 9.07. The molecule has 0 saturated carbocycles. The van der Waals surface area contributed by atoms with Gasteiger partial charge in [0.05, 0.1) is 8.07 Å². The molecule has 0 aliphatic heterocycles. The molecule has 3 N–H and O–H groups in total. The first-order chi connectivity index (χ1) is 6.99. The smallest absolute Gasteiger partial charge is 0.321 e. The minimum atomic E-state index is -1.48. The Balaban J connectivity index is 4.67. The molecule has 0 saturated heterocycles. The Morgan fingerprint density at radius 3 is 2.12 bits per heavy atom. The lowest BCUT2D eigenvalue weighted by molar-refractivity contribution is -0.139. The lowest BCUT2D eigenvalue weighted by atomic mass is 10.0. The maximum atomic E-state index is 10.7. The maximum absolute atomic E-state index is 10.7. The molecule has 0 heterocycles. The molecule has 0 aliphatic carbocycles. The maximum Gasteiger partial charge on any atom is 0.321 e. The van der Waals surface area contributed by atoms with Crippen molar-refractivity contribution in [1.82, 2.24) is 0 Å². The van der Waals surface area contributed by atoms with Gasteiger partial charge in [-0.3, -0.25) is 4.79 Å². The van der Waals surface area contributed by atoms with Gasteiger partial charge in [-0.05, 0) is 11.0 Å². The molecule has 0 fully saturated rings. The molecule has 16 heavy (non-hydrogen) atoms. The molecule has 0 amide bonds. The first kappa shape index (κ1) is 15.4. The van der Waals surface area contributed by atoms with Crippen LogP contribution in [0.4, 0.5) is 0 Å². The van der Waals surface area contributed by atoms with Crippen LogP contribution < -0.4 is 5.73 Å². The number of hydrogen-bond donors (Lipinski definition) is 2. The highest BCUT2D eigenvalue weighted by Gasteiger charge is 2.32. The summed E-state index contributed by atoms with van der Waals surface area (Å²) in [6.07, 6.45) is 1.97. The summed E-state index contributed by atoms with van der Waals surface area (Å²) in [5.41, 5.74) is 7.77. The first-order valence-corrected chi connectivity index (χ1v) is 8.74. The summed E-state index contributed by atoms with van der Waals surface area (Å²) in [6.45, 7) is 13.1. The summed E-state index contributed by atoms with van der Waals surface area (Å²) in [7, 11) is -1.48. The average molecular weight is 243 g/mol. The van der Waals surface area contributed by atoms with E-state index in [1.54, 1.807) is 0 Å². The van der Waals surface area contributed by atoms with Crippen molar-refractivity contribution in [2.75, 3.05) is 0 Å². The van der Waals surface area contributed by atoms with Gasteiger partial charge in [-0.15, -0.1) is 0 Å². The fourth-order valence-electron chi connectivity index (χ4n) is 0.987. The zero-order chi connectivity index (χ0) is 13.1. The Bertz CT molecular complexity index is 279. The normalized spacial score (nSPS) is 17.4. The van der Waals surface area contributed by atoms with E-state index in [0.29, 0.717) is 0 Å². The lowest BCUT2D eigenvalue weighted by Crippen LogP contribution is -2.38. The minimum Gasteiger partial charge on any atom is -0.480 e. The molecular formula is C12H25NO2Si. The molecule has 0 aromatic carbocycles. The summed E-state index contributed by atoms with van der Waals surface area (Å²) in [6, 6.07) is -0.805. The average Bonchev–Trinajstić information content (AvgIpc) is 2.11. The van der Waals surface area contributed by atoms with Gasteiger partial charge in [0.15, 0.2) is 0 Å². The van der Waals surface area contributed by atoms with Gasteiger partial charge in [0, 0.05) is 0 Å². The fraction of sp³-hybridized carbons (Fsp3) is 0.750. The molecule has 0 spiro atoms. The van der Waals surface area contributed by atoms with Crippen LogP contribution in [-0.2, 0) is 4.79 Å². The minimum absolute atomic E-state index is 0.119. The molecular weight excluding hydrogens is 218 g/mol. The SMILES string of the molecule is C[C@H](/C=C/[Si](C)(C)C(C)(C)C)[C@H](N)C(=O)O. The van der Waals surface area contributed by atoms with Crippen molar-refractivity contribution in [3.05, 3.63) is 11.8 Å². The highest BCUT2D eigenvalue weighted by Crippen LogP contribution is 2.36. The van der Waals surface area contributed by atoms with E-state index in [-0.39, 0.29) is 11.0 Å². The van der Waals surface area contributed by atoms with Crippen molar-refractivity contribution < 1.29 is 9.90 Å². The van der Waals surface area contributed by atoms with E-state index in [4.69, 9.17) is 10.8 Å². The third-order valence-electron chi connectivity index (χ3n) is 3.60. The largest absolute Gasteiger partial charge is 0.480 e. The monoisotopic (exact) mass is 243 g/mol. The van der Waals surface area contributed by atoms with Crippen LogP contribution in [0.1, 0.15) is 27.7 Å². The van der Waals surface area contributed by atoms with Gasteiger partial charge in [0.2, 0.25) is 0 Å². The molecule has 0 radical (unpaired) electrons. The molecule has 0 unspecified atom stereocenters. The van der Waals surface area contributed by atoms with E-state index >= 15 is 0 Å². The second kappa shape index (κ2) is 5.14. The molecule has 0 bridgehead atoms. The van der Waals surface area contributed by atoms with Crippen molar-refractivity contribution in [3.8, 4) is 0 Å². The number of aliphatic carboxylic acids is 1. The van der Waals surface area contributed by atoms with Gasteiger partial charge in [-0.1, -0.05) is 52.6 Å². The van der Waals surface area contributed by atoms with Gasteiger partial charge in [0.25, 0.3) is 0 Å². The summed E-state index contributed by atoms with van der Waals surface area (Å²) in [4.78, 5) is 10.7. The molecule has 4 heteroatoms. The Morgan fingerprint density at radius 1 is 1.38 bits per heavy atom. The fourth-order valence-corrected chi connectivity index (χ4v) is 2.27. The third-order valence-corrected chi connectivity index (χ3v) is 8.49. The highest BCUT2D eigenvalue weighted by atomic mass is 28.3. The van der Waals surface area contributed by atoms with Crippen LogP contribution in [-0.4, -0.2) is 25.2 Å². The van der Waals surface area contributed by atoms with E-state index < -0.39 is 20.1 Å². The zero-order valence-electron chi connectivity index (χ0n) is 11.2. The Hall–Kier alpha value is -0.613. The zero-order valence-corrected chi connectivity index (χ0v) is 12.2. The summed E-state index contributed by atoms with van der Waals surface area (Å²) >= 11 is 0. The lowest BCUT2D eigenvalue weighted by Gasteiger charge is -2.34. The molecule has 0 aliphatic rings. The van der Waals surface area contributed by atoms with Crippen molar-refractivity contribution >= 4 is 14.0 Å². The number of rotatable bonds is 4. The quantitative estimate of drug-likeness (QED) is 0.746. The van der Waals surface area contributed by atoms with Gasteiger partial charge >= 0.3 is 5.97 Å². The second-order valence-corrected chi connectivity index (χ2v) is 11.3. The number of carbonyl (C=O) groups is 1. The Morgan fingerprint density at radius 2 is 1.81 bits per heavy atom. The van der Waals surface area contributed by atoms with Crippen LogP contribution >= 0.6 is 0 Å². The van der Waals surface area contributed by atoms with Crippen LogP contribution in [0, 0.1) is 5.92 Å². The Labute approximate surface area is 99.7 Å². The van der Waals surface area contributed by atoms with E-state index in [9.17, 15) is 4.79 Å². The van der Waals surface area contributed by atoms with Gasteiger partial charge in [-0.2, -0.15) is 0 Å². The van der Waals surface area contributed by atoms with Gasteiger partial charge in [-0.25, -0.2) is 0 Å². The van der Waals surface area contributed by atoms with Crippen LogP contribution in [0.25, 0.3) is 0 Å². The number of carboxylic acids is 1. The van der Waals surface area contributed by atoms with Crippen LogP contribution in [0.3, 0.4) is 0 Å². The summed E-state index contributed by atoms with van der Waals surface area (Å²) < 4.78 is 0. The topological polar surface area (TPSA) is 63.3 Å². The van der Waals surface area contributed by atoms with Crippen LogP contribution in [0.15, 0.2) is 11.8 Å². The number of carboxylic acid groups (broad SMARTS) is 1. The molecule has 3 nitrogen and oxygen atoms in total. The Kier molecular flexibility index (Phi) is 4.95. The second-order valence-electron chi connectivity index (χ2n) is 6.05. The number of nitrogens with two attached hydrogens (primary N) is 1. The van der Waals surface area contributed by atoms with Crippen molar-refractivity contribution in [2.24, 2.45) is 11.7 Å². The highest BCUT2D eigenvalue weighted by molar-refractivity contribution is 6.84. The predicted molar refractivity (Wildman–Crippen MR) is 71.1 cm³/mol. The van der Waals surface area contributed by atoms with Crippen molar-refractivity contribution in [1.29, 1.82) is 0 Å². The van der Waals surface area contributed by atoms with E-state index in [1.165, 1.54) is 0 Å². The molecule has 0 aromatic heterocycles. The van der Waals surface area contributed by atoms with E-state index in [1.807, 2.05) is 13.0 Å². The van der Waals surface area contributed by atoms with Crippen molar-refractivity contribution in [2.45, 2.75) is 51.9 Å². The number of hydrogen-bond acceptors (Lipinski definition) is 2.